The van der Waals surface area contributed by atoms with E-state index in [4.69, 9.17) is 11.6 Å². The average molecular weight is 454 g/mol. The monoisotopic (exact) mass is 453 g/mol. The fraction of sp³-hybridized carbons (Fsp3) is 0.273. The van der Waals surface area contributed by atoms with Gasteiger partial charge in [0.2, 0.25) is 0 Å². The number of halogens is 2. The third-order valence-electron chi connectivity index (χ3n) is 5.48. The third kappa shape index (κ3) is 3.74. The van der Waals surface area contributed by atoms with Gasteiger partial charge >= 0.3 is 0 Å². The summed E-state index contributed by atoms with van der Waals surface area (Å²) in [6.45, 7) is 5.94. The fourth-order valence-electron chi connectivity index (χ4n) is 4.30. The van der Waals surface area contributed by atoms with E-state index in [-0.39, 0.29) is 16.5 Å². The highest BCUT2D eigenvalue weighted by Crippen LogP contribution is 2.29. The highest BCUT2D eigenvalue weighted by atomic mass is 35.5. The molecular formula is C22H21ClFN7O. The smallest absolute Gasteiger partial charge is 0.257 e. The topological polar surface area (TPSA) is 87.5 Å². The molecular weight excluding hydrogens is 433 g/mol. The average Bonchev–Trinajstić information content (AvgIpc) is 3.13. The zero-order chi connectivity index (χ0) is 22.4. The summed E-state index contributed by atoms with van der Waals surface area (Å²) in [6.07, 6.45) is 6.21. The second kappa shape index (κ2) is 7.99. The second-order valence-electron chi connectivity index (χ2n) is 8.08. The molecule has 1 fully saturated rings. The van der Waals surface area contributed by atoms with E-state index in [9.17, 15) is 9.18 Å². The van der Waals surface area contributed by atoms with Gasteiger partial charge in [0.05, 0.1) is 16.9 Å². The van der Waals surface area contributed by atoms with Gasteiger partial charge in [0.25, 0.3) is 5.91 Å². The molecule has 0 saturated carbocycles. The van der Waals surface area contributed by atoms with Gasteiger partial charge in [0.15, 0.2) is 11.5 Å². The van der Waals surface area contributed by atoms with Crippen LogP contribution in [0.1, 0.15) is 24.2 Å². The van der Waals surface area contributed by atoms with Crippen LogP contribution in [-0.4, -0.2) is 50.4 Å². The minimum atomic E-state index is -0.586. The van der Waals surface area contributed by atoms with Crippen molar-refractivity contribution in [2.75, 3.05) is 23.3 Å². The zero-order valence-corrected chi connectivity index (χ0v) is 18.3. The molecule has 0 unspecified atom stereocenters. The van der Waals surface area contributed by atoms with E-state index < -0.39 is 11.7 Å². The fourth-order valence-corrected chi connectivity index (χ4v) is 4.48. The molecule has 2 atom stereocenters. The molecule has 10 heteroatoms. The molecule has 4 aromatic rings. The Kier molecular flexibility index (Phi) is 5.15. The molecule has 32 heavy (non-hydrogen) atoms. The molecule has 3 aromatic heterocycles. The number of benzene rings is 1. The summed E-state index contributed by atoms with van der Waals surface area (Å²) in [5, 5.41) is 6.43. The number of rotatable bonds is 3. The Hall–Kier alpha value is -3.30. The Balaban J connectivity index is 1.50. The summed E-state index contributed by atoms with van der Waals surface area (Å²) in [5.41, 5.74) is 2.81. The van der Waals surface area contributed by atoms with Crippen molar-refractivity contribution in [1.29, 1.82) is 0 Å². The predicted octanol–water partition coefficient (Wildman–Crippen LogP) is 3.51. The Bertz CT molecular complexity index is 1330. The largest absolute Gasteiger partial charge is 0.367 e. The van der Waals surface area contributed by atoms with Gasteiger partial charge in [-0.3, -0.25) is 14.8 Å². The van der Waals surface area contributed by atoms with Crippen LogP contribution in [0.15, 0.2) is 43.0 Å². The first-order valence-electron chi connectivity index (χ1n) is 10.3. The number of hydrogen-bond acceptors (Lipinski definition) is 6. The lowest BCUT2D eigenvalue weighted by Gasteiger charge is -2.38. The van der Waals surface area contributed by atoms with Gasteiger partial charge in [-0.2, -0.15) is 0 Å². The lowest BCUT2D eigenvalue weighted by molar-refractivity contribution is 0.102. The molecule has 0 radical (unpaired) electrons. The van der Waals surface area contributed by atoms with Crippen molar-refractivity contribution in [3.05, 3.63) is 59.5 Å². The maximum absolute atomic E-state index is 14.4. The van der Waals surface area contributed by atoms with Gasteiger partial charge in [0, 0.05) is 56.0 Å². The molecule has 2 N–H and O–H groups in total. The van der Waals surface area contributed by atoms with Crippen LogP contribution in [0.2, 0.25) is 5.15 Å². The number of imidazole rings is 1. The molecule has 1 amide bonds. The third-order valence-corrected chi connectivity index (χ3v) is 5.66. The minimum absolute atomic E-state index is 0.0909. The van der Waals surface area contributed by atoms with Crippen LogP contribution in [0.25, 0.3) is 16.7 Å². The van der Waals surface area contributed by atoms with E-state index in [2.05, 4.69) is 44.3 Å². The van der Waals surface area contributed by atoms with Crippen molar-refractivity contribution in [1.82, 2.24) is 24.7 Å². The van der Waals surface area contributed by atoms with Crippen LogP contribution in [0, 0.1) is 5.82 Å². The Morgan fingerprint density at radius 3 is 2.62 bits per heavy atom. The van der Waals surface area contributed by atoms with Crippen molar-refractivity contribution in [2.45, 2.75) is 25.9 Å². The first-order valence-corrected chi connectivity index (χ1v) is 10.7. The summed E-state index contributed by atoms with van der Waals surface area (Å²) < 4.78 is 15.8. The molecule has 0 spiro atoms. The minimum Gasteiger partial charge on any atom is -0.367 e. The van der Waals surface area contributed by atoms with E-state index in [0.29, 0.717) is 28.7 Å². The van der Waals surface area contributed by atoms with Crippen LogP contribution in [0.3, 0.4) is 0 Å². The molecule has 1 saturated heterocycles. The summed E-state index contributed by atoms with van der Waals surface area (Å²) in [4.78, 5) is 28.2. The second-order valence-corrected chi connectivity index (χ2v) is 8.47. The molecule has 5 rings (SSSR count). The number of hydrogen-bond donors (Lipinski definition) is 2. The Morgan fingerprint density at radius 2 is 1.88 bits per heavy atom. The van der Waals surface area contributed by atoms with Crippen LogP contribution in [0.4, 0.5) is 15.8 Å². The maximum atomic E-state index is 14.4. The van der Waals surface area contributed by atoms with Crippen molar-refractivity contribution < 1.29 is 9.18 Å². The number of anilines is 2. The summed E-state index contributed by atoms with van der Waals surface area (Å²) in [5.74, 6) is -0.995. The van der Waals surface area contributed by atoms with Crippen LogP contribution in [0.5, 0.6) is 0 Å². The quantitative estimate of drug-likeness (QED) is 0.493. The van der Waals surface area contributed by atoms with Crippen LogP contribution < -0.4 is 15.5 Å². The van der Waals surface area contributed by atoms with E-state index in [0.717, 1.165) is 18.8 Å². The van der Waals surface area contributed by atoms with Crippen LogP contribution >= 0.6 is 11.6 Å². The SMILES string of the molecule is C[C@H]1CN(c2ccc(C(=O)Nc3cc(F)c4nc(Cl)cn4c3)c3nccnc23)C[C@H](C)N1. The van der Waals surface area contributed by atoms with E-state index in [1.165, 1.54) is 16.7 Å². The lowest BCUT2D eigenvalue weighted by Crippen LogP contribution is -2.54. The number of nitrogens with one attached hydrogen (secondary N) is 2. The highest BCUT2D eigenvalue weighted by Gasteiger charge is 2.24. The van der Waals surface area contributed by atoms with Gasteiger partial charge in [0.1, 0.15) is 16.2 Å². The molecule has 1 aliphatic rings. The van der Waals surface area contributed by atoms with Crippen molar-refractivity contribution in [2.24, 2.45) is 0 Å². The number of pyridine rings is 1. The number of aromatic nitrogens is 4. The number of nitrogens with zero attached hydrogens (tertiary/aromatic N) is 5. The normalized spacial score (nSPS) is 18.9. The highest BCUT2D eigenvalue weighted by molar-refractivity contribution is 6.29. The van der Waals surface area contributed by atoms with Gasteiger partial charge in [-0.15, -0.1) is 0 Å². The van der Waals surface area contributed by atoms with Gasteiger partial charge in [-0.1, -0.05) is 11.6 Å². The standard InChI is InChI=1S/C22H21ClFN7O/c1-12-8-30(9-13(2)27-12)17-4-3-15(19-20(17)26-6-5-25-19)22(32)28-14-7-16(24)21-29-18(23)11-31(21)10-14/h3-7,10-13,27H,8-9H2,1-2H3,(H,28,32)/t12-,13-/m0/s1. The molecule has 164 valence electrons. The van der Waals surface area contributed by atoms with Crippen molar-refractivity contribution in [3.8, 4) is 0 Å². The molecule has 0 bridgehead atoms. The number of amides is 1. The molecule has 0 aliphatic carbocycles. The summed E-state index contributed by atoms with van der Waals surface area (Å²) >= 11 is 5.86. The van der Waals surface area contributed by atoms with Gasteiger partial charge < -0.3 is 19.9 Å². The summed E-state index contributed by atoms with van der Waals surface area (Å²) in [7, 11) is 0. The van der Waals surface area contributed by atoms with E-state index in [1.807, 2.05) is 6.07 Å². The zero-order valence-electron chi connectivity index (χ0n) is 17.5. The number of carbonyl (C=O) groups is 1. The van der Waals surface area contributed by atoms with E-state index in [1.54, 1.807) is 24.7 Å². The van der Waals surface area contributed by atoms with Gasteiger partial charge in [-0.25, -0.2) is 9.37 Å². The molecule has 4 heterocycles. The van der Waals surface area contributed by atoms with Crippen LogP contribution in [-0.2, 0) is 0 Å². The number of carbonyl (C=O) groups excluding carboxylic acids is 1. The maximum Gasteiger partial charge on any atom is 0.257 e. The Labute approximate surface area is 188 Å². The lowest BCUT2D eigenvalue weighted by atomic mass is 10.1. The first kappa shape index (κ1) is 20.6. The molecule has 1 aromatic carbocycles. The van der Waals surface area contributed by atoms with Crippen molar-refractivity contribution in [3.63, 3.8) is 0 Å². The van der Waals surface area contributed by atoms with Gasteiger partial charge in [-0.05, 0) is 26.0 Å². The summed E-state index contributed by atoms with van der Waals surface area (Å²) in [6, 6.07) is 5.50. The van der Waals surface area contributed by atoms with E-state index >= 15 is 0 Å². The molecule has 1 aliphatic heterocycles. The van der Waals surface area contributed by atoms with Crippen molar-refractivity contribution >= 4 is 45.6 Å². The predicted molar refractivity (Wildman–Crippen MR) is 122 cm³/mol. The number of fused-ring (bicyclic) bond motifs is 2. The number of piperazine rings is 1. The Morgan fingerprint density at radius 1 is 1.16 bits per heavy atom. The molecule has 8 nitrogen and oxygen atoms in total. The first-order chi connectivity index (χ1) is 15.4.